The summed E-state index contributed by atoms with van der Waals surface area (Å²) in [5.41, 5.74) is 0.779. The quantitative estimate of drug-likeness (QED) is 0.604. The summed E-state index contributed by atoms with van der Waals surface area (Å²) in [6.07, 6.45) is 2.90. The molecule has 1 heterocycles. The van der Waals surface area contributed by atoms with Gasteiger partial charge >= 0.3 is 0 Å². The lowest BCUT2D eigenvalue weighted by Gasteiger charge is -2.05. The molecule has 0 bridgehead atoms. The zero-order valence-corrected chi connectivity index (χ0v) is 12.8. The molecule has 0 radical (unpaired) electrons. The number of anilines is 1. The second-order valence-electron chi connectivity index (χ2n) is 4.58. The fourth-order valence-corrected chi connectivity index (χ4v) is 2.44. The summed E-state index contributed by atoms with van der Waals surface area (Å²) in [7, 11) is 0. The number of thioether (sulfide) groups is 1. The molecule has 0 atom stereocenters. The molecule has 0 aliphatic heterocycles. The largest absolute Gasteiger partial charge is 0.336 e. The molecule has 0 unspecified atom stereocenters. The highest BCUT2D eigenvalue weighted by molar-refractivity contribution is 7.99. The molecule has 2 aromatic rings. The molecule has 1 aromatic carbocycles. The summed E-state index contributed by atoms with van der Waals surface area (Å²) in [6.45, 7) is 2.11. The van der Waals surface area contributed by atoms with Crippen LogP contribution in [0.5, 0.6) is 0 Å². The number of carbonyl (C=O) groups is 1. The molecule has 0 aliphatic rings. The predicted molar refractivity (Wildman–Crippen MR) is 84.6 cm³/mol. The summed E-state index contributed by atoms with van der Waals surface area (Å²) < 4.78 is 1.47. The van der Waals surface area contributed by atoms with Gasteiger partial charge in [-0.05, 0) is 18.6 Å². The predicted octanol–water partition coefficient (Wildman–Crippen LogP) is 2.07. The number of carbonyl (C=O) groups excluding carboxylic acids is 1. The lowest BCUT2D eigenvalue weighted by atomic mass is 10.2. The van der Waals surface area contributed by atoms with Crippen LogP contribution in [0.1, 0.15) is 25.6 Å². The second-order valence-corrected chi connectivity index (χ2v) is 5.52. The highest BCUT2D eigenvalue weighted by atomic mass is 32.2. The Labute approximate surface area is 128 Å². The van der Waals surface area contributed by atoms with Crippen molar-refractivity contribution in [1.29, 1.82) is 0 Å². The molecule has 7 heteroatoms. The number of amides is 1. The van der Waals surface area contributed by atoms with Gasteiger partial charge in [0, 0.05) is 12.1 Å². The number of aromatic nitrogens is 3. The van der Waals surface area contributed by atoms with E-state index in [1.807, 2.05) is 30.3 Å². The average Bonchev–Trinajstić information content (AvgIpc) is 2.84. The van der Waals surface area contributed by atoms with Crippen molar-refractivity contribution in [2.75, 3.05) is 16.9 Å². The van der Waals surface area contributed by atoms with Gasteiger partial charge in [0.1, 0.15) is 0 Å². The maximum Gasteiger partial charge on any atom is 0.234 e. The van der Waals surface area contributed by atoms with Gasteiger partial charge in [-0.15, -0.1) is 10.2 Å². The molecule has 0 spiro atoms. The van der Waals surface area contributed by atoms with Crippen molar-refractivity contribution in [2.24, 2.45) is 0 Å². The third-order valence-electron chi connectivity index (χ3n) is 2.88. The summed E-state index contributed by atoms with van der Waals surface area (Å²) in [6, 6.07) is 9.34. The Balaban J connectivity index is 1.85. The number of rotatable bonds is 7. The number of nitrogens with zero attached hydrogens (tertiary/aromatic N) is 3. The first kappa shape index (κ1) is 15.4. The third-order valence-corrected chi connectivity index (χ3v) is 3.82. The Hall–Kier alpha value is -2.02. The van der Waals surface area contributed by atoms with E-state index in [1.165, 1.54) is 16.4 Å². The Kier molecular flexibility index (Phi) is 5.62. The zero-order valence-electron chi connectivity index (χ0n) is 12.0. The summed E-state index contributed by atoms with van der Waals surface area (Å²) in [5, 5.41) is 11.4. The van der Waals surface area contributed by atoms with Crippen LogP contribution in [0.2, 0.25) is 0 Å². The van der Waals surface area contributed by atoms with Crippen LogP contribution in [-0.2, 0) is 11.2 Å². The Morgan fingerprint density at radius 1 is 1.33 bits per heavy atom. The minimum absolute atomic E-state index is 0.0932. The van der Waals surface area contributed by atoms with Crippen molar-refractivity contribution in [2.45, 2.75) is 31.3 Å². The number of hydrogen-bond donors (Lipinski definition) is 2. The molecule has 2 rings (SSSR count). The van der Waals surface area contributed by atoms with Crippen molar-refractivity contribution in [3.8, 4) is 0 Å². The van der Waals surface area contributed by atoms with Gasteiger partial charge in [0.15, 0.2) is 5.82 Å². The van der Waals surface area contributed by atoms with E-state index in [0.717, 1.165) is 30.8 Å². The highest BCUT2D eigenvalue weighted by Gasteiger charge is 2.11. The summed E-state index contributed by atoms with van der Waals surface area (Å²) in [5.74, 6) is 6.83. The number of benzene rings is 1. The van der Waals surface area contributed by atoms with E-state index >= 15 is 0 Å². The first-order valence-corrected chi connectivity index (χ1v) is 7.86. The number of aryl methyl sites for hydroxylation is 1. The van der Waals surface area contributed by atoms with Crippen LogP contribution in [0.15, 0.2) is 35.5 Å². The number of nitrogens with one attached hydrogen (secondary N) is 1. The standard InChI is InChI=1S/C14H19N5OS/c1-2-3-9-12-17-18-14(19(12)15)21-10-13(20)16-11-7-5-4-6-8-11/h4-8H,2-3,9-10,15H2,1H3,(H,16,20). The van der Waals surface area contributed by atoms with Gasteiger partial charge in [-0.25, -0.2) is 4.68 Å². The topological polar surface area (TPSA) is 85.8 Å². The average molecular weight is 305 g/mol. The van der Waals surface area contributed by atoms with Crippen LogP contribution < -0.4 is 11.2 Å². The molecule has 21 heavy (non-hydrogen) atoms. The first-order chi connectivity index (χ1) is 10.2. The van der Waals surface area contributed by atoms with Crippen molar-refractivity contribution in [3.05, 3.63) is 36.2 Å². The van der Waals surface area contributed by atoms with E-state index in [-0.39, 0.29) is 11.7 Å². The Morgan fingerprint density at radius 3 is 2.81 bits per heavy atom. The van der Waals surface area contributed by atoms with Gasteiger partial charge in [0.2, 0.25) is 11.1 Å². The molecule has 1 amide bonds. The van der Waals surface area contributed by atoms with Gasteiger partial charge in [-0.1, -0.05) is 43.3 Å². The van der Waals surface area contributed by atoms with Crippen LogP contribution in [-0.4, -0.2) is 26.5 Å². The van der Waals surface area contributed by atoms with E-state index in [0.29, 0.717) is 5.16 Å². The molecular weight excluding hydrogens is 286 g/mol. The van der Waals surface area contributed by atoms with Crippen molar-refractivity contribution in [1.82, 2.24) is 14.9 Å². The van der Waals surface area contributed by atoms with Crippen LogP contribution in [0.25, 0.3) is 0 Å². The zero-order chi connectivity index (χ0) is 15.1. The minimum Gasteiger partial charge on any atom is -0.336 e. The van der Waals surface area contributed by atoms with E-state index in [9.17, 15) is 4.79 Å². The Bertz CT molecular complexity index is 584. The van der Waals surface area contributed by atoms with E-state index in [2.05, 4.69) is 22.4 Å². The van der Waals surface area contributed by atoms with E-state index < -0.39 is 0 Å². The number of nitrogen functional groups attached to an aromatic ring is 1. The van der Waals surface area contributed by atoms with Gasteiger partial charge < -0.3 is 11.2 Å². The number of unbranched alkanes of at least 4 members (excludes halogenated alkanes) is 1. The maximum atomic E-state index is 11.8. The molecule has 6 nitrogen and oxygen atoms in total. The summed E-state index contributed by atoms with van der Waals surface area (Å²) in [4.78, 5) is 11.8. The molecule has 3 N–H and O–H groups in total. The highest BCUT2D eigenvalue weighted by Crippen LogP contribution is 2.16. The normalized spacial score (nSPS) is 10.5. The minimum atomic E-state index is -0.0932. The molecule has 112 valence electrons. The lowest BCUT2D eigenvalue weighted by molar-refractivity contribution is -0.113. The van der Waals surface area contributed by atoms with Gasteiger partial charge in [-0.2, -0.15) is 0 Å². The van der Waals surface area contributed by atoms with Crippen LogP contribution in [0.4, 0.5) is 5.69 Å². The third kappa shape index (κ3) is 4.49. The Morgan fingerprint density at radius 2 is 2.10 bits per heavy atom. The van der Waals surface area contributed by atoms with Crippen LogP contribution in [0, 0.1) is 0 Å². The maximum absolute atomic E-state index is 11.8. The number of para-hydroxylation sites is 1. The van der Waals surface area contributed by atoms with Crippen molar-refractivity contribution >= 4 is 23.4 Å². The number of nitrogens with two attached hydrogens (primary N) is 1. The molecule has 0 saturated carbocycles. The molecule has 0 fully saturated rings. The van der Waals surface area contributed by atoms with Crippen LogP contribution in [0.3, 0.4) is 0 Å². The molecule has 0 aliphatic carbocycles. The van der Waals surface area contributed by atoms with Crippen molar-refractivity contribution in [3.63, 3.8) is 0 Å². The van der Waals surface area contributed by atoms with E-state index in [4.69, 9.17) is 5.84 Å². The smallest absolute Gasteiger partial charge is 0.234 e. The first-order valence-electron chi connectivity index (χ1n) is 6.87. The molecular formula is C14H19N5OS. The lowest BCUT2D eigenvalue weighted by Crippen LogP contribution is -2.17. The van der Waals surface area contributed by atoms with Gasteiger partial charge in [0.25, 0.3) is 0 Å². The molecule has 1 aromatic heterocycles. The second kappa shape index (κ2) is 7.68. The molecule has 0 saturated heterocycles. The fraction of sp³-hybridized carbons (Fsp3) is 0.357. The van der Waals surface area contributed by atoms with Crippen LogP contribution >= 0.6 is 11.8 Å². The SMILES string of the molecule is CCCCc1nnc(SCC(=O)Nc2ccccc2)n1N. The van der Waals surface area contributed by atoms with Crippen molar-refractivity contribution < 1.29 is 4.79 Å². The van der Waals surface area contributed by atoms with Gasteiger partial charge in [-0.3, -0.25) is 4.79 Å². The fourth-order valence-electron chi connectivity index (χ4n) is 1.76. The monoisotopic (exact) mass is 305 g/mol. The summed E-state index contributed by atoms with van der Waals surface area (Å²) >= 11 is 1.28. The van der Waals surface area contributed by atoms with E-state index in [1.54, 1.807) is 0 Å². The number of hydrogen-bond acceptors (Lipinski definition) is 5. The van der Waals surface area contributed by atoms with Gasteiger partial charge in [0.05, 0.1) is 5.75 Å².